The minimum atomic E-state index is -0.658. The summed E-state index contributed by atoms with van der Waals surface area (Å²) in [6, 6.07) is 11.8. The molecule has 3 aromatic rings. The molecule has 0 aliphatic rings. The summed E-state index contributed by atoms with van der Waals surface area (Å²) in [5.41, 5.74) is 2.10. The summed E-state index contributed by atoms with van der Waals surface area (Å²) in [6.45, 7) is 1.40. The standard InChI is InChI=1S/C17H14ClN5O3/c1-11-6-7-12(18)8-14(11)20-16(24)9-26-17(25)13-4-2-3-5-15(13)23-10-19-21-22-23/h2-8,10H,9H2,1H3,(H,20,24). The number of aryl methyl sites for hydroxylation is 1. The third-order valence-electron chi connectivity index (χ3n) is 3.53. The molecule has 1 aromatic heterocycles. The number of ether oxygens (including phenoxy) is 1. The van der Waals surface area contributed by atoms with Crippen LogP contribution < -0.4 is 5.32 Å². The van der Waals surface area contributed by atoms with Crippen LogP contribution in [0.5, 0.6) is 0 Å². The van der Waals surface area contributed by atoms with Crippen LogP contribution in [-0.4, -0.2) is 38.7 Å². The number of tetrazole rings is 1. The van der Waals surface area contributed by atoms with Gasteiger partial charge in [-0.3, -0.25) is 4.79 Å². The summed E-state index contributed by atoms with van der Waals surface area (Å²) in [5.74, 6) is -1.13. The highest BCUT2D eigenvalue weighted by Crippen LogP contribution is 2.20. The molecule has 2 aromatic carbocycles. The highest BCUT2D eigenvalue weighted by Gasteiger charge is 2.16. The largest absolute Gasteiger partial charge is 0.452 e. The van der Waals surface area contributed by atoms with Gasteiger partial charge in [-0.2, -0.15) is 4.68 Å². The van der Waals surface area contributed by atoms with Crippen molar-refractivity contribution in [1.82, 2.24) is 20.2 Å². The van der Waals surface area contributed by atoms with Crippen LogP contribution in [0.3, 0.4) is 0 Å². The Bertz CT molecular complexity index is 943. The van der Waals surface area contributed by atoms with Crippen molar-refractivity contribution in [2.75, 3.05) is 11.9 Å². The summed E-state index contributed by atoms with van der Waals surface area (Å²) in [4.78, 5) is 24.4. The number of amides is 1. The zero-order chi connectivity index (χ0) is 18.5. The molecule has 0 atom stereocenters. The van der Waals surface area contributed by atoms with Gasteiger partial charge in [-0.05, 0) is 47.2 Å². The smallest absolute Gasteiger partial charge is 0.340 e. The average Bonchev–Trinajstić information content (AvgIpc) is 3.17. The van der Waals surface area contributed by atoms with Gasteiger partial charge in [-0.25, -0.2) is 4.79 Å². The highest BCUT2D eigenvalue weighted by atomic mass is 35.5. The Morgan fingerprint density at radius 3 is 2.81 bits per heavy atom. The summed E-state index contributed by atoms with van der Waals surface area (Å²) in [7, 11) is 0. The van der Waals surface area contributed by atoms with Crippen LogP contribution in [-0.2, 0) is 9.53 Å². The summed E-state index contributed by atoms with van der Waals surface area (Å²) in [5, 5.41) is 14.0. The number of hydrogen-bond donors (Lipinski definition) is 1. The van der Waals surface area contributed by atoms with Gasteiger partial charge in [-0.1, -0.05) is 29.8 Å². The van der Waals surface area contributed by atoms with Crippen LogP contribution in [0.1, 0.15) is 15.9 Å². The van der Waals surface area contributed by atoms with E-state index in [1.54, 1.807) is 42.5 Å². The molecule has 0 spiro atoms. The Hall–Kier alpha value is -3.26. The molecule has 3 rings (SSSR count). The molecule has 0 saturated heterocycles. The third kappa shape index (κ3) is 4.04. The number of rotatable bonds is 5. The van der Waals surface area contributed by atoms with Crippen LogP contribution in [0.25, 0.3) is 5.69 Å². The first kappa shape index (κ1) is 17.6. The van der Waals surface area contributed by atoms with E-state index in [1.165, 1.54) is 11.0 Å². The van der Waals surface area contributed by atoms with E-state index in [-0.39, 0.29) is 5.56 Å². The van der Waals surface area contributed by atoms with Crippen LogP contribution in [0.4, 0.5) is 5.69 Å². The fourth-order valence-corrected chi connectivity index (χ4v) is 2.41. The molecule has 0 aliphatic carbocycles. The lowest BCUT2D eigenvalue weighted by molar-refractivity contribution is -0.119. The number of nitrogens with one attached hydrogen (secondary N) is 1. The van der Waals surface area contributed by atoms with Gasteiger partial charge in [0.25, 0.3) is 5.91 Å². The van der Waals surface area contributed by atoms with Crippen molar-refractivity contribution in [2.45, 2.75) is 6.92 Å². The molecule has 0 saturated carbocycles. The lowest BCUT2D eigenvalue weighted by atomic mass is 10.2. The molecule has 0 radical (unpaired) electrons. The number of carbonyl (C=O) groups is 2. The second-order valence-corrected chi connectivity index (χ2v) is 5.79. The normalized spacial score (nSPS) is 10.4. The van der Waals surface area contributed by atoms with E-state index in [9.17, 15) is 9.59 Å². The first-order valence-corrected chi connectivity index (χ1v) is 7.98. The third-order valence-corrected chi connectivity index (χ3v) is 3.76. The van der Waals surface area contributed by atoms with Gasteiger partial charge in [0.2, 0.25) is 0 Å². The zero-order valence-electron chi connectivity index (χ0n) is 13.7. The van der Waals surface area contributed by atoms with Gasteiger partial charge < -0.3 is 10.1 Å². The van der Waals surface area contributed by atoms with E-state index < -0.39 is 18.5 Å². The van der Waals surface area contributed by atoms with E-state index in [0.29, 0.717) is 16.4 Å². The summed E-state index contributed by atoms with van der Waals surface area (Å²) >= 11 is 5.92. The number of nitrogens with zero attached hydrogens (tertiary/aromatic N) is 4. The van der Waals surface area contributed by atoms with E-state index in [0.717, 1.165) is 5.56 Å². The van der Waals surface area contributed by atoms with Crippen molar-refractivity contribution in [3.05, 3.63) is 64.9 Å². The maximum atomic E-state index is 12.3. The average molecular weight is 372 g/mol. The van der Waals surface area contributed by atoms with Crippen molar-refractivity contribution in [2.24, 2.45) is 0 Å². The first-order chi connectivity index (χ1) is 12.5. The van der Waals surface area contributed by atoms with Crippen LogP contribution in [0.15, 0.2) is 48.8 Å². The molecule has 8 nitrogen and oxygen atoms in total. The van der Waals surface area contributed by atoms with Crippen LogP contribution >= 0.6 is 11.6 Å². The Morgan fingerprint density at radius 1 is 1.23 bits per heavy atom. The molecule has 0 bridgehead atoms. The maximum Gasteiger partial charge on any atom is 0.340 e. The van der Waals surface area contributed by atoms with Crippen LogP contribution in [0.2, 0.25) is 5.02 Å². The molecular formula is C17H14ClN5O3. The summed E-state index contributed by atoms with van der Waals surface area (Å²) in [6.07, 6.45) is 1.36. The quantitative estimate of drug-likeness (QED) is 0.691. The number of halogens is 1. The summed E-state index contributed by atoms with van der Waals surface area (Å²) < 4.78 is 6.44. The molecule has 132 valence electrons. The maximum absolute atomic E-state index is 12.3. The molecule has 0 fully saturated rings. The van der Waals surface area contributed by atoms with Crippen molar-refractivity contribution >= 4 is 29.2 Å². The molecule has 0 aliphatic heterocycles. The minimum Gasteiger partial charge on any atom is -0.452 e. The van der Waals surface area contributed by atoms with Crippen molar-refractivity contribution in [1.29, 1.82) is 0 Å². The van der Waals surface area contributed by atoms with Gasteiger partial charge in [-0.15, -0.1) is 5.10 Å². The predicted molar refractivity (Wildman–Crippen MR) is 94.3 cm³/mol. The number of para-hydroxylation sites is 1. The lowest BCUT2D eigenvalue weighted by Gasteiger charge is -2.10. The van der Waals surface area contributed by atoms with Gasteiger partial charge in [0, 0.05) is 10.7 Å². The van der Waals surface area contributed by atoms with Crippen molar-refractivity contribution < 1.29 is 14.3 Å². The predicted octanol–water partition coefficient (Wildman–Crippen LogP) is 2.42. The molecule has 0 unspecified atom stereocenters. The number of esters is 1. The monoisotopic (exact) mass is 371 g/mol. The second-order valence-electron chi connectivity index (χ2n) is 5.36. The molecule has 9 heteroatoms. The molecule has 1 heterocycles. The van der Waals surface area contributed by atoms with Crippen LogP contribution in [0, 0.1) is 6.92 Å². The fourth-order valence-electron chi connectivity index (χ4n) is 2.24. The topological polar surface area (TPSA) is 99.0 Å². The van der Waals surface area contributed by atoms with Gasteiger partial charge in [0.15, 0.2) is 6.61 Å². The first-order valence-electron chi connectivity index (χ1n) is 7.60. The zero-order valence-corrected chi connectivity index (χ0v) is 14.5. The minimum absolute atomic E-state index is 0.242. The number of aromatic nitrogens is 4. The van der Waals surface area contributed by atoms with E-state index >= 15 is 0 Å². The SMILES string of the molecule is Cc1ccc(Cl)cc1NC(=O)COC(=O)c1ccccc1-n1cnnn1. The molecule has 1 amide bonds. The second kappa shape index (κ2) is 7.75. The fraction of sp³-hybridized carbons (Fsp3) is 0.118. The number of benzene rings is 2. The van der Waals surface area contributed by atoms with E-state index in [2.05, 4.69) is 20.8 Å². The number of hydrogen-bond acceptors (Lipinski definition) is 6. The Morgan fingerprint density at radius 2 is 2.04 bits per heavy atom. The van der Waals surface area contributed by atoms with Gasteiger partial charge in [0.1, 0.15) is 6.33 Å². The van der Waals surface area contributed by atoms with Crippen molar-refractivity contribution in [3.8, 4) is 5.69 Å². The molecular weight excluding hydrogens is 358 g/mol. The van der Waals surface area contributed by atoms with E-state index in [4.69, 9.17) is 16.3 Å². The van der Waals surface area contributed by atoms with Crippen molar-refractivity contribution in [3.63, 3.8) is 0 Å². The van der Waals surface area contributed by atoms with E-state index in [1.807, 2.05) is 6.92 Å². The Balaban J connectivity index is 1.66. The lowest BCUT2D eigenvalue weighted by Crippen LogP contribution is -2.22. The molecule has 1 N–H and O–H groups in total. The van der Waals surface area contributed by atoms with Gasteiger partial charge >= 0.3 is 5.97 Å². The molecule has 26 heavy (non-hydrogen) atoms. The Labute approximate surface area is 153 Å². The number of anilines is 1. The van der Waals surface area contributed by atoms with Gasteiger partial charge in [0.05, 0.1) is 11.3 Å². The highest BCUT2D eigenvalue weighted by molar-refractivity contribution is 6.31. The number of carbonyl (C=O) groups excluding carboxylic acids is 2. The Kier molecular flexibility index (Phi) is 5.23.